The molecule has 1 saturated heterocycles. The number of carbonyl (C=O) groups is 1. The highest BCUT2D eigenvalue weighted by Gasteiger charge is 2.43. The summed E-state index contributed by atoms with van der Waals surface area (Å²) in [6, 6.07) is 3.49. The Bertz CT molecular complexity index is 703. The Hall–Kier alpha value is -1.88. The Morgan fingerprint density at radius 3 is 2.79 bits per heavy atom. The number of nitrogens with one attached hydrogen (secondary N) is 1. The third-order valence-electron chi connectivity index (χ3n) is 5.32. The summed E-state index contributed by atoms with van der Waals surface area (Å²) in [5.41, 5.74) is 1.35. The van der Waals surface area contributed by atoms with Gasteiger partial charge in [-0.3, -0.25) is 14.5 Å². The predicted octanol–water partition coefficient (Wildman–Crippen LogP) is 1.79. The fourth-order valence-electron chi connectivity index (χ4n) is 3.66. The number of hydrogen-bond donors (Lipinski definition) is 1. The van der Waals surface area contributed by atoms with Gasteiger partial charge in [0.1, 0.15) is 5.56 Å². The van der Waals surface area contributed by atoms with Gasteiger partial charge in [-0.15, -0.1) is 0 Å². The van der Waals surface area contributed by atoms with E-state index in [9.17, 15) is 9.59 Å². The monoisotopic (exact) mass is 329 g/mol. The molecule has 2 atom stereocenters. The van der Waals surface area contributed by atoms with Crippen LogP contribution in [0.2, 0.25) is 0 Å². The minimum absolute atomic E-state index is 0.138. The van der Waals surface area contributed by atoms with Crippen molar-refractivity contribution in [3.8, 4) is 0 Å². The van der Waals surface area contributed by atoms with Gasteiger partial charge in [0.15, 0.2) is 0 Å². The standard InChI is InChI=1S/C19H27N3O2/c1-4-13(2)10-22-11-16(14-7-8-14)17(12-22)20-18(23)15-6-5-9-21(3)19(15)24/h4-6,9,14,16-17H,7-8,10-12H2,1-3H3,(H,20,23)/b13-4+/t16-,17+/m0/s1. The molecule has 3 rings (SSSR count). The number of likely N-dealkylation sites (tertiary alicyclic amines) is 1. The molecule has 1 saturated carbocycles. The van der Waals surface area contributed by atoms with Gasteiger partial charge in [0, 0.05) is 38.9 Å². The molecule has 1 aliphatic carbocycles. The molecule has 1 aromatic heterocycles. The number of rotatable bonds is 5. The number of nitrogens with zero attached hydrogens (tertiary/aromatic N) is 2. The van der Waals surface area contributed by atoms with Crippen molar-refractivity contribution < 1.29 is 4.79 Å². The van der Waals surface area contributed by atoms with E-state index in [0.29, 0.717) is 5.92 Å². The molecular weight excluding hydrogens is 302 g/mol. The zero-order valence-corrected chi connectivity index (χ0v) is 14.8. The van der Waals surface area contributed by atoms with E-state index in [1.54, 1.807) is 25.4 Å². The summed E-state index contributed by atoms with van der Waals surface area (Å²) in [6.07, 6.45) is 6.34. The van der Waals surface area contributed by atoms with Gasteiger partial charge in [-0.1, -0.05) is 11.6 Å². The van der Waals surface area contributed by atoms with E-state index in [4.69, 9.17) is 0 Å². The van der Waals surface area contributed by atoms with E-state index < -0.39 is 0 Å². The lowest BCUT2D eigenvalue weighted by molar-refractivity contribution is 0.0926. The molecular formula is C19H27N3O2. The molecule has 24 heavy (non-hydrogen) atoms. The van der Waals surface area contributed by atoms with Crippen molar-refractivity contribution in [2.24, 2.45) is 18.9 Å². The van der Waals surface area contributed by atoms with Gasteiger partial charge in [-0.2, -0.15) is 0 Å². The summed E-state index contributed by atoms with van der Waals surface area (Å²) in [5, 5.41) is 3.14. The van der Waals surface area contributed by atoms with Gasteiger partial charge >= 0.3 is 0 Å². The fourth-order valence-corrected chi connectivity index (χ4v) is 3.66. The molecule has 2 heterocycles. The highest BCUT2D eigenvalue weighted by atomic mass is 16.2. The molecule has 1 aliphatic heterocycles. The summed E-state index contributed by atoms with van der Waals surface area (Å²) in [7, 11) is 1.67. The van der Waals surface area contributed by atoms with Crippen LogP contribution in [0.4, 0.5) is 0 Å². The molecule has 0 unspecified atom stereocenters. The van der Waals surface area contributed by atoms with Crippen molar-refractivity contribution in [2.75, 3.05) is 19.6 Å². The van der Waals surface area contributed by atoms with E-state index in [1.807, 2.05) is 0 Å². The quantitative estimate of drug-likeness (QED) is 0.838. The molecule has 0 bridgehead atoms. The lowest BCUT2D eigenvalue weighted by Crippen LogP contribution is -2.43. The maximum Gasteiger partial charge on any atom is 0.263 e. The van der Waals surface area contributed by atoms with Crippen LogP contribution < -0.4 is 10.9 Å². The van der Waals surface area contributed by atoms with Gasteiger partial charge in [0.05, 0.1) is 0 Å². The number of carbonyl (C=O) groups excluding carboxylic acids is 1. The summed E-state index contributed by atoms with van der Waals surface area (Å²) in [6.45, 7) is 7.07. The van der Waals surface area contributed by atoms with E-state index in [2.05, 4.69) is 30.1 Å². The maximum absolute atomic E-state index is 12.6. The molecule has 5 heteroatoms. The zero-order chi connectivity index (χ0) is 17.3. The molecule has 1 amide bonds. The van der Waals surface area contributed by atoms with Crippen LogP contribution in [-0.4, -0.2) is 41.1 Å². The molecule has 1 N–H and O–H groups in total. The molecule has 5 nitrogen and oxygen atoms in total. The van der Waals surface area contributed by atoms with Gasteiger partial charge in [-0.25, -0.2) is 0 Å². The van der Waals surface area contributed by atoms with Gasteiger partial charge < -0.3 is 9.88 Å². The molecule has 2 fully saturated rings. The van der Waals surface area contributed by atoms with Crippen molar-refractivity contribution in [1.82, 2.24) is 14.8 Å². The molecule has 130 valence electrons. The van der Waals surface area contributed by atoms with Crippen molar-refractivity contribution >= 4 is 5.91 Å². The summed E-state index contributed by atoms with van der Waals surface area (Å²) >= 11 is 0. The molecule has 2 aliphatic rings. The van der Waals surface area contributed by atoms with E-state index in [0.717, 1.165) is 25.6 Å². The van der Waals surface area contributed by atoms with Crippen LogP contribution in [0.15, 0.2) is 34.8 Å². The predicted molar refractivity (Wildman–Crippen MR) is 95.0 cm³/mol. The van der Waals surface area contributed by atoms with Crippen molar-refractivity contribution in [1.29, 1.82) is 0 Å². The van der Waals surface area contributed by atoms with Crippen LogP contribution in [-0.2, 0) is 7.05 Å². The summed E-state index contributed by atoms with van der Waals surface area (Å²) < 4.78 is 1.45. The SMILES string of the molecule is C/C=C(\C)CN1C[C@@H](NC(=O)c2cccn(C)c2=O)[C@H](C2CC2)C1. The highest BCUT2D eigenvalue weighted by Crippen LogP contribution is 2.41. The third-order valence-corrected chi connectivity index (χ3v) is 5.32. The fraction of sp³-hybridized carbons (Fsp3) is 0.579. The van der Waals surface area contributed by atoms with Gasteiger partial charge in [0.2, 0.25) is 0 Å². The molecule has 1 aromatic rings. The Morgan fingerprint density at radius 1 is 1.38 bits per heavy atom. The number of allylic oxidation sites excluding steroid dienone is 1. The first kappa shape index (κ1) is 17.0. The van der Waals surface area contributed by atoms with Crippen molar-refractivity contribution in [2.45, 2.75) is 32.7 Å². The van der Waals surface area contributed by atoms with Gasteiger partial charge in [0.25, 0.3) is 11.5 Å². The summed E-state index contributed by atoms with van der Waals surface area (Å²) in [4.78, 5) is 27.2. The van der Waals surface area contributed by atoms with Crippen LogP contribution in [0.25, 0.3) is 0 Å². The Kier molecular flexibility index (Phi) is 4.90. The Morgan fingerprint density at radius 2 is 2.12 bits per heavy atom. The minimum Gasteiger partial charge on any atom is -0.348 e. The zero-order valence-electron chi connectivity index (χ0n) is 14.8. The number of hydrogen-bond acceptors (Lipinski definition) is 3. The number of pyridine rings is 1. The second-order valence-corrected chi connectivity index (χ2v) is 7.25. The second-order valence-electron chi connectivity index (χ2n) is 7.25. The van der Waals surface area contributed by atoms with Crippen molar-refractivity contribution in [3.63, 3.8) is 0 Å². The first-order valence-electron chi connectivity index (χ1n) is 8.80. The molecule has 0 aromatic carbocycles. The van der Waals surface area contributed by atoms with Crippen LogP contribution in [0.3, 0.4) is 0 Å². The van der Waals surface area contributed by atoms with Crippen LogP contribution >= 0.6 is 0 Å². The van der Waals surface area contributed by atoms with E-state index in [-0.39, 0.29) is 23.1 Å². The second kappa shape index (κ2) is 6.93. The lowest BCUT2D eigenvalue weighted by Gasteiger charge is -2.19. The molecule has 0 radical (unpaired) electrons. The Labute approximate surface area is 143 Å². The largest absolute Gasteiger partial charge is 0.348 e. The topological polar surface area (TPSA) is 54.3 Å². The number of aryl methyl sites for hydroxylation is 1. The number of aromatic nitrogens is 1. The average Bonchev–Trinajstić information content (AvgIpc) is 3.32. The smallest absolute Gasteiger partial charge is 0.263 e. The number of amides is 1. The first-order chi connectivity index (χ1) is 11.5. The molecule has 0 spiro atoms. The summed E-state index contributed by atoms with van der Waals surface area (Å²) in [5.74, 6) is 0.993. The van der Waals surface area contributed by atoms with Crippen LogP contribution in [0.5, 0.6) is 0 Å². The van der Waals surface area contributed by atoms with Gasteiger partial charge in [-0.05, 0) is 50.7 Å². The van der Waals surface area contributed by atoms with E-state index in [1.165, 1.54) is 23.0 Å². The average molecular weight is 329 g/mol. The first-order valence-corrected chi connectivity index (χ1v) is 8.80. The minimum atomic E-state index is -0.239. The van der Waals surface area contributed by atoms with Crippen molar-refractivity contribution in [3.05, 3.63) is 45.9 Å². The van der Waals surface area contributed by atoms with Crippen LogP contribution in [0, 0.1) is 11.8 Å². The third kappa shape index (κ3) is 3.61. The maximum atomic E-state index is 12.6. The van der Waals surface area contributed by atoms with Crippen LogP contribution in [0.1, 0.15) is 37.0 Å². The normalized spacial score (nSPS) is 25.0. The highest BCUT2D eigenvalue weighted by molar-refractivity contribution is 5.94. The Balaban J connectivity index is 1.71. The van der Waals surface area contributed by atoms with E-state index >= 15 is 0 Å². The lowest BCUT2D eigenvalue weighted by atomic mass is 9.98.